The third kappa shape index (κ3) is 6.25. The van der Waals surface area contributed by atoms with Crippen LogP contribution in [-0.4, -0.2) is 30.3 Å². The molecule has 0 saturated heterocycles. The van der Waals surface area contributed by atoms with Crippen molar-refractivity contribution in [2.75, 3.05) is 13.2 Å². The van der Waals surface area contributed by atoms with E-state index in [0.29, 0.717) is 18.7 Å². The molecule has 0 aliphatic rings. The molecule has 1 amide bonds. The molecule has 0 fully saturated rings. The van der Waals surface area contributed by atoms with Gasteiger partial charge in [0.05, 0.1) is 6.10 Å². The highest BCUT2D eigenvalue weighted by Gasteiger charge is 2.21. The monoisotopic (exact) mass is 265 g/mol. The van der Waals surface area contributed by atoms with Gasteiger partial charge in [0.15, 0.2) is 6.61 Å². The minimum Gasteiger partial charge on any atom is -0.484 e. The number of hydrogen-bond acceptors (Lipinski definition) is 3. The van der Waals surface area contributed by atoms with E-state index >= 15 is 0 Å². The normalized spacial score (nSPS) is 12.8. The number of carbonyl (C=O) groups is 1. The van der Waals surface area contributed by atoms with Gasteiger partial charge in [-0.25, -0.2) is 0 Å². The van der Waals surface area contributed by atoms with Crippen molar-refractivity contribution in [3.05, 3.63) is 30.3 Å². The first kappa shape index (κ1) is 15.5. The molecule has 19 heavy (non-hydrogen) atoms. The van der Waals surface area contributed by atoms with E-state index in [1.807, 2.05) is 39.0 Å². The number of aliphatic hydroxyl groups excluding tert-OH is 1. The molecule has 0 aromatic heterocycles. The minimum absolute atomic E-state index is 0.00434. The van der Waals surface area contributed by atoms with E-state index in [4.69, 9.17) is 4.74 Å². The number of carbonyl (C=O) groups excluding carboxylic acids is 1. The molecule has 4 heteroatoms. The second-order valence-electron chi connectivity index (χ2n) is 5.62. The first-order chi connectivity index (χ1) is 8.89. The third-order valence-corrected chi connectivity index (χ3v) is 2.85. The van der Waals surface area contributed by atoms with Crippen molar-refractivity contribution in [3.63, 3.8) is 0 Å². The summed E-state index contributed by atoms with van der Waals surface area (Å²) >= 11 is 0. The Morgan fingerprint density at radius 2 is 1.95 bits per heavy atom. The second-order valence-corrected chi connectivity index (χ2v) is 5.62. The highest BCUT2D eigenvalue weighted by Crippen LogP contribution is 2.20. The van der Waals surface area contributed by atoms with Crippen molar-refractivity contribution >= 4 is 5.91 Å². The third-order valence-electron chi connectivity index (χ3n) is 2.85. The first-order valence-electron chi connectivity index (χ1n) is 6.52. The molecule has 1 aromatic carbocycles. The van der Waals surface area contributed by atoms with E-state index in [0.717, 1.165) is 0 Å². The van der Waals surface area contributed by atoms with Crippen molar-refractivity contribution in [1.82, 2.24) is 5.32 Å². The Hall–Kier alpha value is -1.55. The maximum atomic E-state index is 11.5. The zero-order valence-corrected chi connectivity index (χ0v) is 11.8. The van der Waals surface area contributed by atoms with Crippen LogP contribution in [0.3, 0.4) is 0 Å². The molecule has 0 bridgehead atoms. The van der Waals surface area contributed by atoms with Gasteiger partial charge in [0, 0.05) is 6.54 Å². The molecule has 1 aromatic rings. The SMILES string of the molecule is CC(C)(C)C(O)CCNC(=O)COc1ccccc1. The Labute approximate surface area is 114 Å². The van der Waals surface area contributed by atoms with Crippen LogP contribution in [0.4, 0.5) is 0 Å². The van der Waals surface area contributed by atoms with Crippen LogP contribution in [0.5, 0.6) is 5.75 Å². The van der Waals surface area contributed by atoms with Gasteiger partial charge in [-0.05, 0) is 24.0 Å². The van der Waals surface area contributed by atoms with Gasteiger partial charge in [-0.2, -0.15) is 0 Å². The standard InChI is InChI=1S/C15H23NO3/c1-15(2,3)13(17)9-10-16-14(18)11-19-12-7-5-4-6-8-12/h4-8,13,17H,9-11H2,1-3H3,(H,16,18). The fraction of sp³-hybridized carbons (Fsp3) is 0.533. The number of rotatable bonds is 6. The van der Waals surface area contributed by atoms with E-state index in [9.17, 15) is 9.90 Å². The molecule has 1 atom stereocenters. The molecule has 106 valence electrons. The first-order valence-corrected chi connectivity index (χ1v) is 6.52. The van der Waals surface area contributed by atoms with E-state index in [1.165, 1.54) is 0 Å². The van der Waals surface area contributed by atoms with Gasteiger partial charge < -0.3 is 15.2 Å². The Morgan fingerprint density at radius 3 is 2.53 bits per heavy atom. The number of ether oxygens (including phenoxy) is 1. The van der Waals surface area contributed by atoms with Crippen molar-refractivity contribution < 1.29 is 14.6 Å². The molecule has 0 saturated carbocycles. The number of nitrogens with one attached hydrogen (secondary N) is 1. The Kier molecular flexibility index (Phi) is 5.83. The molecule has 0 spiro atoms. The van der Waals surface area contributed by atoms with Crippen molar-refractivity contribution in [2.24, 2.45) is 5.41 Å². The highest BCUT2D eigenvalue weighted by atomic mass is 16.5. The molecule has 1 rings (SSSR count). The van der Waals surface area contributed by atoms with Gasteiger partial charge in [-0.1, -0.05) is 39.0 Å². The molecule has 0 heterocycles. The fourth-order valence-electron chi connectivity index (χ4n) is 1.50. The average Bonchev–Trinajstić information content (AvgIpc) is 2.36. The lowest BCUT2D eigenvalue weighted by molar-refractivity contribution is -0.123. The number of benzene rings is 1. The van der Waals surface area contributed by atoms with Crippen LogP contribution in [0.2, 0.25) is 0 Å². The summed E-state index contributed by atoms with van der Waals surface area (Å²) in [5, 5.41) is 12.6. The molecule has 0 aliphatic carbocycles. The summed E-state index contributed by atoms with van der Waals surface area (Å²) in [6.07, 6.45) is 0.114. The zero-order chi connectivity index (χ0) is 14.3. The topological polar surface area (TPSA) is 58.6 Å². The summed E-state index contributed by atoms with van der Waals surface area (Å²) in [7, 11) is 0. The summed E-state index contributed by atoms with van der Waals surface area (Å²) in [4.78, 5) is 11.5. The number of hydrogen-bond donors (Lipinski definition) is 2. The summed E-state index contributed by atoms with van der Waals surface area (Å²) in [6.45, 7) is 6.36. The lowest BCUT2D eigenvalue weighted by Gasteiger charge is -2.25. The second kappa shape index (κ2) is 7.14. The van der Waals surface area contributed by atoms with E-state index in [-0.39, 0.29) is 17.9 Å². The summed E-state index contributed by atoms with van der Waals surface area (Å²) in [5.41, 5.74) is -0.161. The average molecular weight is 265 g/mol. The Balaban J connectivity index is 2.19. The van der Waals surface area contributed by atoms with Crippen molar-refractivity contribution in [3.8, 4) is 5.75 Å². The number of para-hydroxylation sites is 1. The predicted octanol–water partition coefficient (Wildman–Crippen LogP) is 1.98. The maximum Gasteiger partial charge on any atom is 0.257 e. The van der Waals surface area contributed by atoms with E-state index in [2.05, 4.69) is 5.32 Å². The van der Waals surface area contributed by atoms with Crippen LogP contribution in [-0.2, 0) is 4.79 Å². The lowest BCUT2D eigenvalue weighted by Crippen LogP contribution is -2.34. The largest absolute Gasteiger partial charge is 0.484 e. The quantitative estimate of drug-likeness (QED) is 0.827. The summed E-state index contributed by atoms with van der Waals surface area (Å²) in [5.74, 6) is 0.498. The lowest BCUT2D eigenvalue weighted by atomic mass is 9.87. The van der Waals surface area contributed by atoms with Crippen LogP contribution >= 0.6 is 0 Å². The molecule has 2 N–H and O–H groups in total. The molecule has 0 aliphatic heterocycles. The highest BCUT2D eigenvalue weighted by molar-refractivity contribution is 5.77. The molecule has 1 unspecified atom stereocenters. The van der Waals surface area contributed by atoms with Gasteiger partial charge in [-0.15, -0.1) is 0 Å². The molecule has 4 nitrogen and oxygen atoms in total. The van der Waals surface area contributed by atoms with Gasteiger partial charge in [0.2, 0.25) is 0 Å². The molecular formula is C15H23NO3. The number of aliphatic hydroxyl groups is 1. The maximum absolute atomic E-state index is 11.5. The summed E-state index contributed by atoms with van der Waals surface area (Å²) < 4.78 is 5.32. The fourth-order valence-corrected chi connectivity index (χ4v) is 1.50. The minimum atomic E-state index is -0.428. The van der Waals surface area contributed by atoms with Crippen LogP contribution in [0.25, 0.3) is 0 Å². The van der Waals surface area contributed by atoms with Gasteiger partial charge in [0.25, 0.3) is 5.91 Å². The Bertz CT molecular complexity index is 384. The summed E-state index contributed by atoms with van der Waals surface area (Å²) in [6, 6.07) is 9.20. The zero-order valence-electron chi connectivity index (χ0n) is 11.8. The van der Waals surface area contributed by atoms with E-state index in [1.54, 1.807) is 12.1 Å². The predicted molar refractivity (Wildman–Crippen MR) is 75.0 cm³/mol. The van der Waals surface area contributed by atoms with Crippen LogP contribution in [0.1, 0.15) is 27.2 Å². The van der Waals surface area contributed by atoms with Crippen LogP contribution in [0.15, 0.2) is 30.3 Å². The number of amides is 1. The van der Waals surface area contributed by atoms with Gasteiger partial charge in [0.1, 0.15) is 5.75 Å². The molecular weight excluding hydrogens is 242 g/mol. The van der Waals surface area contributed by atoms with Crippen LogP contribution < -0.4 is 10.1 Å². The van der Waals surface area contributed by atoms with Gasteiger partial charge >= 0.3 is 0 Å². The van der Waals surface area contributed by atoms with E-state index < -0.39 is 6.10 Å². The van der Waals surface area contributed by atoms with Crippen molar-refractivity contribution in [1.29, 1.82) is 0 Å². The van der Waals surface area contributed by atoms with Crippen molar-refractivity contribution in [2.45, 2.75) is 33.3 Å². The Morgan fingerprint density at radius 1 is 1.32 bits per heavy atom. The smallest absolute Gasteiger partial charge is 0.257 e. The van der Waals surface area contributed by atoms with Crippen LogP contribution in [0, 0.1) is 5.41 Å². The molecule has 0 radical (unpaired) electrons. The van der Waals surface area contributed by atoms with Gasteiger partial charge in [-0.3, -0.25) is 4.79 Å².